The lowest BCUT2D eigenvalue weighted by Gasteiger charge is -2.19. The first-order chi connectivity index (χ1) is 18.9. The number of carbonyl (C=O) groups is 2. The van der Waals surface area contributed by atoms with Gasteiger partial charge in [-0.2, -0.15) is 22.0 Å². The third-order valence-electron chi connectivity index (χ3n) is 5.46. The highest BCUT2D eigenvalue weighted by Crippen LogP contribution is 2.31. The number of nitrogens with two attached hydrogens (primary N) is 1. The topological polar surface area (TPSA) is 127 Å². The first kappa shape index (κ1) is 32.9. The number of anilines is 1. The third kappa shape index (κ3) is 9.38. The SMILES string of the molecule is CNC(=O)c1cc(F)c(-c2ccc(C(C)(C)N)nc2)cc1NCc1cc(C)ccc1OC(F)F.O=C(O)C(F)(F)F. The predicted molar refractivity (Wildman–Crippen MR) is 139 cm³/mol. The number of rotatable bonds is 8. The number of pyridine rings is 1. The van der Waals surface area contributed by atoms with Gasteiger partial charge >= 0.3 is 18.8 Å². The molecule has 14 heteroatoms. The van der Waals surface area contributed by atoms with Crippen LogP contribution in [0.2, 0.25) is 0 Å². The predicted octanol–water partition coefficient (Wildman–Crippen LogP) is 5.60. The Bertz CT molecular complexity index is 1370. The molecule has 0 bridgehead atoms. The van der Waals surface area contributed by atoms with E-state index < -0.39 is 36.0 Å². The lowest BCUT2D eigenvalue weighted by molar-refractivity contribution is -0.192. The normalized spacial score (nSPS) is 11.4. The van der Waals surface area contributed by atoms with Crippen LogP contribution in [0, 0.1) is 12.7 Å². The number of nitrogens with zero attached hydrogens (tertiary/aromatic N) is 1. The Morgan fingerprint density at radius 1 is 1.10 bits per heavy atom. The summed E-state index contributed by atoms with van der Waals surface area (Å²) in [4.78, 5) is 25.6. The summed E-state index contributed by atoms with van der Waals surface area (Å²) < 4.78 is 77.0. The molecule has 0 fully saturated rings. The third-order valence-corrected chi connectivity index (χ3v) is 5.46. The molecule has 1 amide bonds. The number of alkyl halides is 5. The van der Waals surface area contributed by atoms with Crippen molar-refractivity contribution >= 4 is 17.6 Å². The van der Waals surface area contributed by atoms with E-state index in [-0.39, 0.29) is 23.4 Å². The monoisotopic (exact) mass is 586 g/mol. The fraction of sp³-hybridized carbons (Fsp3) is 0.296. The van der Waals surface area contributed by atoms with E-state index in [1.165, 1.54) is 25.4 Å². The number of halogens is 6. The highest BCUT2D eigenvalue weighted by Gasteiger charge is 2.38. The fourth-order valence-corrected chi connectivity index (χ4v) is 3.45. The van der Waals surface area contributed by atoms with E-state index in [2.05, 4.69) is 20.4 Å². The number of hydrogen-bond acceptors (Lipinski definition) is 6. The summed E-state index contributed by atoms with van der Waals surface area (Å²) >= 11 is 0. The molecule has 0 aliphatic heterocycles. The van der Waals surface area contributed by atoms with Crippen LogP contribution < -0.4 is 21.1 Å². The number of carboxylic acid groups (broad SMARTS) is 1. The molecule has 3 aromatic rings. The van der Waals surface area contributed by atoms with Crippen molar-refractivity contribution in [1.82, 2.24) is 10.3 Å². The molecule has 1 heterocycles. The molecule has 2 aromatic carbocycles. The summed E-state index contributed by atoms with van der Waals surface area (Å²) in [5.41, 5.74) is 8.47. The van der Waals surface area contributed by atoms with Gasteiger partial charge < -0.3 is 26.2 Å². The zero-order chi connectivity index (χ0) is 31.1. The van der Waals surface area contributed by atoms with Crippen molar-refractivity contribution in [2.45, 2.75) is 45.6 Å². The number of nitrogens with one attached hydrogen (secondary N) is 2. The number of amides is 1. The minimum atomic E-state index is -5.08. The molecule has 0 radical (unpaired) electrons. The van der Waals surface area contributed by atoms with Gasteiger partial charge in [-0.25, -0.2) is 9.18 Å². The Labute approximate surface area is 231 Å². The van der Waals surface area contributed by atoms with Crippen LogP contribution in [0.5, 0.6) is 5.75 Å². The van der Waals surface area contributed by atoms with E-state index in [1.54, 1.807) is 24.3 Å². The first-order valence-corrected chi connectivity index (χ1v) is 11.8. The molecular weight excluding hydrogens is 558 g/mol. The standard InChI is InChI=1S/C25H27F3N4O2.C2HF3O2/c1-14-5-7-21(34-24(27)28)16(9-14)13-31-20-11-17(19(26)10-18(20)23(33)30-4)15-6-8-22(32-12-15)25(2,3)29;3-2(4,5)1(6)7/h5-12,24,31H,13,29H2,1-4H3,(H,30,33);(H,6,7). The maximum Gasteiger partial charge on any atom is 0.490 e. The zero-order valence-electron chi connectivity index (χ0n) is 22.4. The molecule has 0 aliphatic carbocycles. The Hall–Kier alpha value is -4.33. The van der Waals surface area contributed by atoms with Gasteiger partial charge in [-0.1, -0.05) is 23.8 Å². The van der Waals surface area contributed by atoms with Crippen LogP contribution in [-0.2, 0) is 16.9 Å². The molecule has 8 nitrogen and oxygen atoms in total. The molecule has 0 saturated carbocycles. The van der Waals surface area contributed by atoms with Crippen molar-refractivity contribution in [3.63, 3.8) is 0 Å². The molecule has 1 aromatic heterocycles. The Morgan fingerprint density at radius 3 is 2.22 bits per heavy atom. The number of hydrogen-bond donors (Lipinski definition) is 4. The molecule has 0 saturated heterocycles. The average molecular weight is 587 g/mol. The maximum absolute atomic E-state index is 15.0. The summed E-state index contributed by atoms with van der Waals surface area (Å²) in [6, 6.07) is 10.9. The van der Waals surface area contributed by atoms with Crippen molar-refractivity contribution in [3.8, 4) is 16.9 Å². The second kappa shape index (κ2) is 13.4. The molecule has 3 rings (SSSR count). The van der Waals surface area contributed by atoms with Crippen molar-refractivity contribution in [2.75, 3.05) is 12.4 Å². The number of carboxylic acids is 1. The van der Waals surface area contributed by atoms with Gasteiger partial charge in [0.2, 0.25) is 0 Å². The molecule has 41 heavy (non-hydrogen) atoms. The number of ether oxygens (including phenoxy) is 1. The molecule has 0 aliphatic rings. The van der Waals surface area contributed by atoms with Gasteiger partial charge in [-0.3, -0.25) is 9.78 Å². The van der Waals surface area contributed by atoms with E-state index in [0.717, 1.165) is 11.6 Å². The molecule has 0 atom stereocenters. The second-order valence-corrected chi connectivity index (χ2v) is 9.26. The summed E-state index contributed by atoms with van der Waals surface area (Å²) in [5, 5.41) is 12.7. The Kier molecular flexibility index (Phi) is 10.7. The fourth-order valence-electron chi connectivity index (χ4n) is 3.45. The van der Waals surface area contributed by atoms with Crippen molar-refractivity contribution in [1.29, 1.82) is 0 Å². The van der Waals surface area contributed by atoms with Crippen LogP contribution >= 0.6 is 0 Å². The molecular formula is C27H28F6N4O4. The summed E-state index contributed by atoms with van der Waals surface area (Å²) in [6.45, 7) is 2.53. The summed E-state index contributed by atoms with van der Waals surface area (Å²) in [7, 11) is 1.43. The smallest absolute Gasteiger partial charge is 0.475 e. The average Bonchev–Trinajstić information content (AvgIpc) is 2.87. The minimum Gasteiger partial charge on any atom is -0.475 e. The van der Waals surface area contributed by atoms with Gasteiger partial charge in [0.15, 0.2) is 0 Å². The number of aromatic nitrogens is 1. The van der Waals surface area contributed by atoms with Crippen LogP contribution in [0.3, 0.4) is 0 Å². The second-order valence-electron chi connectivity index (χ2n) is 9.26. The van der Waals surface area contributed by atoms with Crippen LogP contribution in [0.4, 0.5) is 32.0 Å². The molecule has 0 spiro atoms. The van der Waals surface area contributed by atoms with Crippen molar-refractivity contribution in [3.05, 3.63) is 76.9 Å². The number of aliphatic carboxylic acids is 1. The van der Waals surface area contributed by atoms with E-state index in [4.69, 9.17) is 15.6 Å². The number of aryl methyl sites for hydroxylation is 1. The maximum atomic E-state index is 15.0. The van der Waals surface area contributed by atoms with Gasteiger partial charge in [0.25, 0.3) is 5.91 Å². The quantitative estimate of drug-likeness (QED) is 0.253. The lowest BCUT2D eigenvalue weighted by atomic mass is 9.98. The van der Waals surface area contributed by atoms with Crippen molar-refractivity contribution in [2.24, 2.45) is 5.73 Å². The van der Waals surface area contributed by atoms with Crippen LogP contribution in [0.1, 0.15) is 41.0 Å². The Morgan fingerprint density at radius 2 is 1.73 bits per heavy atom. The van der Waals surface area contributed by atoms with Crippen LogP contribution in [0.15, 0.2) is 48.7 Å². The zero-order valence-corrected chi connectivity index (χ0v) is 22.4. The number of carbonyl (C=O) groups excluding carboxylic acids is 1. The van der Waals surface area contributed by atoms with E-state index >= 15 is 4.39 Å². The first-order valence-electron chi connectivity index (χ1n) is 11.8. The highest BCUT2D eigenvalue weighted by molar-refractivity contribution is 6.00. The van der Waals surface area contributed by atoms with E-state index in [1.807, 2.05) is 20.8 Å². The minimum absolute atomic E-state index is 0.0149. The summed E-state index contributed by atoms with van der Waals surface area (Å²) in [5.74, 6) is -3.85. The molecule has 5 N–H and O–H groups in total. The largest absolute Gasteiger partial charge is 0.490 e. The van der Waals surface area contributed by atoms with Gasteiger partial charge in [0.1, 0.15) is 11.6 Å². The van der Waals surface area contributed by atoms with Crippen LogP contribution in [0.25, 0.3) is 11.1 Å². The van der Waals surface area contributed by atoms with Crippen LogP contribution in [-0.4, -0.2) is 41.8 Å². The lowest BCUT2D eigenvalue weighted by Crippen LogP contribution is -2.29. The number of benzene rings is 2. The highest BCUT2D eigenvalue weighted by atomic mass is 19.4. The molecule has 0 unspecified atom stereocenters. The molecule has 222 valence electrons. The van der Waals surface area contributed by atoms with Gasteiger partial charge in [0, 0.05) is 42.2 Å². The van der Waals surface area contributed by atoms with Gasteiger partial charge in [-0.05, 0) is 45.0 Å². The van der Waals surface area contributed by atoms with E-state index in [9.17, 15) is 26.7 Å². The summed E-state index contributed by atoms with van der Waals surface area (Å²) in [6.07, 6.45) is -3.57. The van der Waals surface area contributed by atoms with Gasteiger partial charge in [0.05, 0.1) is 16.8 Å². The van der Waals surface area contributed by atoms with Crippen molar-refractivity contribution < 1.29 is 45.8 Å². The Balaban J connectivity index is 0.000000745. The van der Waals surface area contributed by atoms with E-state index in [0.29, 0.717) is 22.5 Å². The van der Waals surface area contributed by atoms with Gasteiger partial charge in [-0.15, -0.1) is 0 Å².